The molecule has 0 spiro atoms. The molecule has 1 aromatic carbocycles. The first-order chi connectivity index (χ1) is 12.4. The predicted molar refractivity (Wildman–Crippen MR) is 106 cm³/mol. The van der Waals surface area contributed by atoms with E-state index in [0.29, 0.717) is 12.5 Å². The zero-order chi connectivity index (χ0) is 18.7. The third kappa shape index (κ3) is 4.67. The molecule has 0 saturated carbocycles. The van der Waals surface area contributed by atoms with Crippen LogP contribution >= 0.6 is 0 Å². The summed E-state index contributed by atoms with van der Waals surface area (Å²) in [7, 11) is -2.94. The Balaban J connectivity index is 1.75. The predicted octanol–water partition coefficient (Wildman–Crippen LogP) is 2.53. The standard InChI is InChI=1S/C20H30N2O3S/c1-3-26(24,25)10-8-16-6-7-20-19(11-16)17(13-21-20)12-18-5-4-9-22(18)14-15(2)23/h6-7,11,13,15,18,21,23H,3-5,8-10,12,14H2,1-2H3/t15-,18-/m1/s1. The second-order valence-electron chi connectivity index (χ2n) is 7.52. The molecule has 2 atom stereocenters. The molecule has 2 aromatic rings. The molecule has 0 bridgehead atoms. The van der Waals surface area contributed by atoms with Gasteiger partial charge in [0, 0.05) is 35.4 Å². The van der Waals surface area contributed by atoms with Crippen LogP contribution in [-0.4, -0.2) is 60.1 Å². The van der Waals surface area contributed by atoms with E-state index in [1.165, 1.54) is 17.4 Å². The highest BCUT2D eigenvalue weighted by atomic mass is 32.2. The van der Waals surface area contributed by atoms with Gasteiger partial charge in [0.25, 0.3) is 0 Å². The lowest BCUT2D eigenvalue weighted by molar-refractivity contribution is 0.119. The topological polar surface area (TPSA) is 73.4 Å². The molecule has 0 unspecified atom stereocenters. The maximum absolute atomic E-state index is 11.8. The first kappa shape index (κ1) is 19.4. The van der Waals surface area contributed by atoms with Crippen molar-refractivity contribution in [1.29, 1.82) is 0 Å². The van der Waals surface area contributed by atoms with Crippen LogP contribution in [0.1, 0.15) is 37.8 Å². The van der Waals surface area contributed by atoms with Gasteiger partial charge in [0.15, 0.2) is 0 Å². The van der Waals surface area contributed by atoms with Crippen molar-refractivity contribution in [3.8, 4) is 0 Å². The van der Waals surface area contributed by atoms with Gasteiger partial charge >= 0.3 is 0 Å². The number of aromatic amines is 1. The fraction of sp³-hybridized carbons (Fsp3) is 0.600. The number of hydrogen-bond donors (Lipinski definition) is 2. The van der Waals surface area contributed by atoms with Crippen LogP contribution in [-0.2, 0) is 22.7 Å². The summed E-state index contributed by atoms with van der Waals surface area (Å²) in [6.45, 7) is 5.33. The number of aryl methyl sites for hydroxylation is 1. The molecule has 0 aliphatic carbocycles. The molecule has 1 aliphatic heterocycles. The number of aliphatic hydroxyl groups excluding tert-OH is 1. The molecule has 2 N–H and O–H groups in total. The number of rotatable bonds is 8. The largest absolute Gasteiger partial charge is 0.392 e. The van der Waals surface area contributed by atoms with E-state index in [1.54, 1.807) is 6.92 Å². The number of fused-ring (bicyclic) bond motifs is 1. The lowest BCUT2D eigenvalue weighted by Gasteiger charge is -2.25. The van der Waals surface area contributed by atoms with Crippen LogP contribution < -0.4 is 0 Å². The minimum absolute atomic E-state index is 0.200. The van der Waals surface area contributed by atoms with Crippen molar-refractivity contribution in [3.05, 3.63) is 35.5 Å². The Hall–Kier alpha value is -1.37. The minimum atomic E-state index is -2.94. The van der Waals surface area contributed by atoms with E-state index in [-0.39, 0.29) is 17.6 Å². The molecule has 26 heavy (non-hydrogen) atoms. The van der Waals surface area contributed by atoms with Gasteiger partial charge in [-0.2, -0.15) is 0 Å². The van der Waals surface area contributed by atoms with Gasteiger partial charge in [-0.25, -0.2) is 8.42 Å². The molecule has 144 valence electrons. The number of hydrogen-bond acceptors (Lipinski definition) is 4. The van der Waals surface area contributed by atoms with Gasteiger partial charge in [0.05, 0.1) is 11.9 Å². The van der Waals surface area contributed by atoms with E-state index in [0.717, 1.165) is 37.0 Å². The SMILES string of the molecule is CCS(=O)(=O)CCc1ccc2[nH]cc(C[C@H]3CCCN3C[C@@H](C)O)c2c1. The first-order valence-corrected chi connectivity index (χ1v) is 11.4. The Morgan fingerprint density at radius 1 is 1.38 bits per heavy atom. The molecular weight excluding hydrogens is 348 g/mol. The summed E-state index contributed by atoms with van der Waals surface area (Å²) in [5.41, 5.74) is 3.45. The summed E-state index contributed by atoms with van der Waals surface area (Å²) >= 11 is 0. The fourth-order valence-electron chi connectivity index (χ4n) is 3.93. The van der Waals surface area contributed by atoms with Crippen molar-refractivity contribution in [3.63, 3.8) is 0 Å². The maximum atomic E-state index is 11.8. The smallest absolute Gasteiger partial charge is 0.150 e. The van der Waals surface area contributed by atoms with E-state index in [4.69, 9.17) is 0 Å². The van der Waals surface area contributed by atoms with Crippen LogP contribution in [0.15, 0.2) is 24.4 Å². The zero-order valence-electron chi connectivity index (χ0n) is 15.7. The molecule has 2 heterocycles. The van der Waals surface area contributed by atoms with Gasteiger partial charge in [0.1, 0.15) is 9.84 Å². The molecule has 3 rings (SSSR count). The van der Waals surface area contributed by atoms with Crippen molar-refractivity contribution in [2.24, 2.45) is 0 Å². The van der Waals surface area contributed by atoms with Crippen molar-refractivity contribution in [2.75, 3.05) is 24.6 Å². The third-order valence-electron chi connectivity index (χ3n) is 5.43. The second kappa shape index (κ2) is 8.11. The third-order valence-corrected chi connectivity index (χ3v) is 7.13. The molecule has 6 heteroatoms. The van der Waals surface area contributed by atoms with Crippen molar-refractivity contribution in [2.45, 2.75) is 51.7 Å². The molecule has 1 saturated heterocycles. The van der Waals surface area contributed by atoms with Gasteiger partial charge in [-0.1, -0.05) is 13.0 Å². The Morgan fingerprint density at radius 3 is 2.92 bits per heavy atom. The molecule has 1 aromatic heterocycles. The number of β-amino-alcohol motifs (C(OH)–C–C–N with tert-alkyl or cyclic N) is 1. The highest BCUT2D eigenvalue weighted by Gasteiger charge is 2.26. The number of aromatic nitrogens is 1. The van der Waals surface area contributed by atoms with Crippen molar-refractivity contribution >= 4 is 20.7 Å². The average Bonchev–Trinajstić information content (AvgIpc) is 3.20. The molecule has 0 radical (unpaired) electrons. The maximum Gasteiger partial charge on any atom is 0.150 e. The normalized spacial score (nSPS) is 20.0. The molecule has 1 fully saturated rings. The number of nitrogens with one attached hydrogen (secondary N) is 1. The average molecular weight is 379 g/mol. The Labute approximate surface area is 156 Å². The summed E-state index contributed by atoms with van der Waals surface area (Å²) in [5, 5.41) is 10.9. The van der Waals surface area contributed by atoms with Crippen molar-refractivity contribution < 1.29 is 13.5 Å². The van der Waals surface area contributed by atoms with E-state index >= 15 is 0 Å². The summed E-state index contributed by atoms with van der Waals surface area (Å²) in [4.78, 5) is 5.73. The summed E-state index contributed by atoms with van der Waals surface area (Å²) < 4.78 is 23.6. The first-order valence-electron chi connectivity index (χ1n) is 9.59. The van der Waals surface area contributed by atoms with E-state index in [2.05, 4.69) is 28.2 Å². The second-order valence-corrected chi connectivity index (χ2v) is 10.00. The number of likely N-dealkylation sites (tertiary alicyclic amines) is 1. The quantitative estimate of drug-likeness (QED) is 0.740. The van der Waals surface area contributed by atoms with Gasteiger partial charge in [0.2, 0.25) is 0 Å². The fourth-order valence-corrected chi connectivity index (χ4v) is 4.76. The van der Waals surface area contributed by atoms with Crippen LogP contribution in [0.25, 0.3) is 10.9 Å². The summed E-state index contributed by atoms with van der Waals surface area (Å²) in [6.07, 6.45) is 5.65. The van der Waals surface area contributed by atoms with E-state index < -0.39 is 9.84 Å². The van der Waals surface area contributed by atoms with Gasteiger partial charge in [-0.15, -0.1) is 0 Å². The monoisotopic (exact) mass is 378 g/mol. The van der Waals surface area contributed by atoms with E-state index in [9.17, 15) is 13.5 Å². The Morgan fingerprint density at radius 2 is 2.19 bits per heavy atom. The summed E-state index contributed by atoms with van der Waals surface area (Å²) in [5.74, 6) is 0.408. The lowest BCUT2D eigenvalue weighted by atomic mass is 10.0. The van der Waals surface area contributed by atoms with Crippen LogP contribution in [0.4, 0.5) is 0 Å². The highest BCUT2D eigenvalue weighted by molar-refractivity contribution is 7.91. The Bertz CT molecular complexity index is 842. The van der Waals surface area contributed by atoms with Crippen LogP contribution in [0.5, 0.6) is 0 Å². The molecule has 5 nitrogen and oxygen atoms in total. The zero-order valence-corrected chi connectivity index (χ0v) is 16.6. The van der Waals surface area contributed by atoms with Crippen LogP contribution in [0, 0.1) is 0 Å². The minimum Gasteiger partial charge on any atom is -0.392 e. The lowest BCUT2D eigenvalue weighted by Crippen LogP contribution is -2.36. The van der Waals surface area contributed by atoms with Crippen LogP contribution in [0.3, 0.4) is 0 Å². The van der Waals surface area contributed by atoms with Crippen LogP contribution in [0.2, 0.25) is 0 Å². The number of sulfone groups is 1. The Kier molecular flexibility index (Phi) is 6.05. The van der Waals surface area contributed by atoms with Gasteiger partial charge < -0.3 is 10.1 Å². The number of aliphatic hydroxyl groups is 1. The number of H-pyrrole nitrogens is 1. The number of benzene rings is 1. The van der Waals surface area contributed by atoms with Crippen molar-refractivity contribution in [1.82, 2.24) is 9.88 Å². The highest BCUT2D eigenvalue weighted by Crippen LogP contribution is 2.26. The molecule has 1 aliphatic rings. The van der Waals surface area contributed by atoms with Gasteiger partial charge in [-0.3, -0.25) is 4.90 Å². The number of nitrogens with zero attached hydrogens (tertiary/aromatic N) is 1. The van der Waals surface area contributed by atoms with E-state index in [1.807, 2.05) is 13.0 Å². The summed E-state index contributed by atoms with van der Waals surface area (Å²) in [6, 6.07) is 6.67. The molecular formula is C20H30N2O3S. The van der Waals surface area contributed by atoms with Gasteiger partial charge in [-0.05, 0) is 62.4 Å². The molecule has 0 amide bonds.